The molecule has 0 atom stereocenters. The van der Waals surface area contributed by atoms with E-state index in [9.17, 15) is 4.79 Å². The maximum atomic E-state index is 13.3. The standard InChI is InChI=1S/C24H21N3O2S/c28-23(27-20-11-5-8-16-7-1-2-9-17(16)20)22-19(15-30-24-25-13-6-14-26-24)18-10-3-4-12-21(18)29-22/h3-6,8,10-14H,1-2,7,9,15H2,(H,27,28). The van der Waals surface area contributed by atoms with Crippen LogP contribution in [0, 0.1) is 0 Å². The third kappa shape index (κ3) is 3.71. The van der Waals surface area contributed by atoms with Gasteiger partial charge in [-0.2, -0.15) is 0 Å². The van der Waals surface area contributed by atoms with E-state index in [4.69, 9.17) is 4.42 Å². The van der Waals surface area contributed by atoms with E-state index in [2.05, 4.69) is 21.4 Å². The van der Waals surface area contributed by atoms with Crippen LogP contribution in [0.25, 0.3) is 11.0 Å². The number of nitrogens with zero attached hydrogens (tertiary/aromatic N) is 2. The molecule has 1 aliphatic carbocycles. The van der Waals surface area contributed by atoms with E-state index >= 15 is 0 Å². The molecule has 0 bridgehead atoms. The normalized spacial score (nSPS) is 13.2. The fraction of sp³-hybridized carbons (Fsp3) is 0.208. The van der Waals surface area contributed by atoms with E-state index in [1.807, 2.05) is 36.4 Å². The highest BCUT2D eigenvalue weighted by atomic mass is 32.2. The molecule has 0 saturated carbocycles. The SMILES string of the molecule is O=C(Nc1cccc2c1CCCC2)c1oc2ccccc2c1CSc1ncccn1. The third-order valence-corrected chi connectivity index (χ3v) is 6.34. The number of nitrogens with one attached hydrogen (secondary N) is 1. The Kier molecular flexibility index (Phi) is 5.24. The number of anilines is 1. The van der Waals surface area contributed by atoms with Crippen LogP contribution < -0.4 is 5.32 Å². The topological polar surface area (TPSA) is 68.0 Å². The van der Waals surface area contributed by atoms with E-state index < -0.39 is 0 Å². The first kappa shape index (κ1) is 18.9. The molecule has 5 rings (SSSR count). The molecule has 2 heterocycles. The van der Waals surface area contributed by atoms with E-state index in [-0.39, 0.29) is 5.91 Å². The summed E-state index contributed by atoms with van der Waals surface area (Å²) in [6.45, 7) is 0. The molecule has 0 unspecified atom stereocenters. The lowest BCUT2D eigenvalue weighted by Gasteiger charge is -2.19. The minimum atomic E-state index is -0.213. The maximum absolute atomic E-state index is 13.3. The number of amides is 1. The Morgan fingerprint density at radius 1 is 1.00 bits per heavy atom. The van der Waals surface area contributed by atoms with Crippen molar-refractivity contribution in [3.63, 3.8) is 0 Å². The van der Waals surface area contributed by atoms with Crippen molar-refractivity contribution in [1.82, 2.24) is 9.97 Å². The summed E-state index contributed by atoms with van der Waals surface area (Å²) in [5.74, 6) is 0.694. The largest absolute Gasteiger partial charge is 0.451 e. The monoisotopic (exact) mass is 415 g/mol. The van der Waals surface area contributed by atoms with Crippen LogP contribution in [0.4, 0.5) is 5.69 Å². The van der Waals surface area contributed by atoms with Crippen molar-refractivity contribution in [3.05, 3.63) is 83.4 Å². The number of fused-ring (bicyclic) bond motifs is 2. The van der Waals surface area contributed by atoms with Gasteiger partial charge in [-0.25, -0.2) is 9.97 Å². The number of hydrogen-bond acceptors (Lipinski definition) is 5. The molecule has 0 aliphatic heterocycles. The lowest BCUT2D eigenvalue weighted by atomic mass is 9.90. The zero-order valence-corrected chi connectivity index (χ0v) is 17.2. The van der Waals surface area contributed by atoms with Gasteiger partial charge in [-0.15, -0.1) is 0 Å². The van der Waals surface area contributed by atoms with Gasteiger partial charge in [-0.3, -0.25) is 4.79 Å². The van der Waals surface area contributed by atoms with Crippen molar-refractivity contribution in [2.24, 2.45) is 0 Å². The first-order valence-electron chi connectivity index (χ1n) is 10.1. The highest BCUT2D eigenvalue weighted by molar-refractivity contribution is 7.98. The second kappa shape index (κ2) is 8.32. The fourth-order valence-electron chi connectivity index (χ4n) is 4.00. The average molecular weight is 416 g/mol. The summed E-state index contributed by atoms with van der Waals surface area (Å²) >= 11 is 1.49. The Morgan fingerprint density at radius 2 is 1.83 bits per heavy atom. The van der Waals surface area contributed by atoms with E-state index in [1.54, 1.807) is 18.5 Å². The molecule has 0 saturated heterocycles. The molecule has 1 amide bonds. The van der Waals surface area contributed by atoms with Gasteiger partial charge in [0.15, 0.2) is 10.9 Å². The lowest BCUT2D eigenvalue weighted by Crippen LogP contribution is -2.16. The number of thioether (sulfide) groups is 1. The number of aromatic nitrogens is 2. The van der Waals surface area contributed by atoms with Gasteiger partial charge in [0.1, 0.15) is 5.58 Å². The Bertz CT molecular complexity index is 1200. The molecule has 30 heavy (non-hydrogen) atoms. The van der Waals surface area contributed by atoms with Crippen LogP contribution in [-0.4, -0.2) is 15.9 Å². The second-order valence-electron chi connectivity index (χ2n) is 7.33. The molecule has 6 heteroatoms. The Labute approximate surface area is 178 Å². The molecule has 0 radical (unpaired) electrons. The van der Waals surface area contributed by atoms with Gasteiger partial charge in [-0.1, -0.05) is 42.1 Å². The number of carbonyl (C=O) groups is 1. The third-order valence-electron chi connectivity index (χ3n) is 5.44. The van der Waals surface area contributed by atoms with Crippen LogP contribution in [0.1, 0.15) is 40.1 Å². The zero-order valence-electron chi connectivity index (χ0n) is 16.4. The predicted octanol–water partition coefficient (Wildman–Crippen LogP) is 5.65. The number of hydrogen-bond donors (Lipinski definition) is 1. The van der Waals surface area contributed by atoms with Crippen LogP contribution in [-0.2, 0) is 18.6 Å². The Morgan fingerprint density at radius 3 is 2.73 bits per heavy atom. The van der Waals surface area contributed by atoms with Crippen LogP contribution in [0.5, 0.6) is 0 Å². The van der Waals surface area contributed by atoms with Gasteiger partial charge in [-0.05, 0) is 55.0 Å². The van der Waals surface area contributed by atoms with Crippen molar-refractivity contribution >= 4 is 34.3 Å². The maximum Gasteiger partial charge on any atom is 0.291 e. The van der Waals surface area contributed by atoms with Gasteiger partial charge in [0.25, 0.3) is 5.91 Å². The minimum Gasteiger partial charge on any atom is -0.451 e. The van der Waals surface area contributed by atoms with Crippen molar-refractivity contribution in [2.75, 3.05) is 5.32 Å². The second-order valence-corrected chi connectivity index (χ2v) is 8.27. The van der Waals surface area contributed by atoms with E-state index in [1.165, 1.54) is 29.3 Å². The van der Waals surface area contributed by atoms with Gasteiger partial charge >= 0.3 is 0 Å². The van der Waals surface area contributed by atoms with Gasteiger partial charge in [0.05, 0.1) is 0 Å². The number of benzene rings is 2. The molecule has 1 aliphatic rings. The van der Waals surface area contributed by atoms with Crippen molar-refractivity contribution in [3.8, 4) is 0 Å². The first-order chi connectivity index (χ1) is 14.8. The molecule has 0 spiro atoms. The smallest absolute Gasteiger partial charge is 0.291 e. The van der Waals surface area contributed by atoms with Crippen LogP contribution >= 0.6 is 11.8 Å². The molecular formula is C24H21N3O2S. The molecular weight excluding hydrogens is 394 g/mol. The quantitative estimate of drug-likeness (QED) is 0.337. The van der Waals surface area contributed by atoms with Crippen LogP contribution in [0.2, 0.25) is 0 Å². The average Bonchev–Trinajstić information content (AvgIpc) is 3.17. The van der Waals surface area contributed by atoms with Crippen molar-refractivity contribution in [2.45, 2.75) is 36.6 Å². The molecule has 5 nitrogen and oxygen atoms in total. The molecule has 1 N–H and O–H groups in total. The summed E-state index contributed by atoms with van der Waals surface area (Å²) in [6.07, 6.45) is 7.87. The summed E-state index contributed by atoms with van der Waals surface area (Å²) in [4.78, 5) is 21.8. The number of aryl methyl sites for hydroxylation is 1. The van der Waals surface area contributed by atoms with Gasteiger partial charge in [0, 0.05) is 34.8 Å². The summed E-state index contributed by atoms with van der Waals surface area (Å²) < 4.78 is 6.00. The molecule has 4 aromatic rings. The minimum absolute atomic E-state index is 0.213. The summed E-state index contributed by atoms with van der Waals surface area (Å²) in [5.41, 5.74) is 5.05. The summed E-state index contributed by atoms with van der Waals surface area (Å²) in [6, 6.07) is 15.7. The molecule has 2 aromatic heterocycles. The number of furan rings is 1. The summed E-state index contributed by atoms with van der Waals surface area (Å²) in [5, 5.41) is 4.73. The number of carbonyl (C=O) groups excluding carboxylic acids is 1. The van der Waals surface area contributed by atoms with Gasteiger partial charge in [0.2, 0.25) is 0 Å². The van der Waals surface area contributed by atoms with Crippen molar-refractivity contribution < 1.29 is 9.21 Å². The Hall–Kier alpha value is -3.12. The fourth-order valence-corrected chi connectivity index (χ4v) is 4.83. The number of para-hydroxylation sites is 1. The van der Waals surface area contributed by atoms with Crippen molar-refractivity contribution in [1.29, 1.82) is 0 Å². The molecule has 2 aromatic carbocycles. The van der Waals surface area contributed by atoms with Gasteiger partial charge < -0.3 is 9.73 Å². The van der Waals surface area contributed by atoms with Crippen LogP contribution in [0.3, 0.4) is 0 Å². The lowest BCUT2D eigenvalue weighted by molar-refractivity contribution is 0.0997. The van der Waals surface area contributed by atoms with E-state index in [0.29, 0.717) is 22.3 Å². The predicted molar refractivity (Wildman–Crippen MR) is 119 cm³/mol. The van der Waals surface area contributed by atoms with Crippen LogP contribution in [0.15, 0.2) is 70.5 Å². The molecule has 0 fully saturated rings. The van der Waals surface area contributed by atoms with E-state index in [0.717, 1.165) is 35.9 Å². The molecule has 150 valence electrons. The first-order valence-corrected chi connectivity index (χ1v) is 11.1. The Balaban J connectivity index is 1.47. The summed E-state index contributed by atoms with van der Waals surface area (Å²) in [7, 11) is 0. The zero-order chi connectivity index (χ0) is 20.3. The number of rotatable bonds is 5. The highest BCUT2D eigenvalue weighted by Crippen LogP contribution is 2.33. The highest BCUT2D eigenvalue weighted by Gasteiger charge is 2.22.